The van der Waals surface area contributed by atoms with Gasteiger partial charge in [0, 0.05) is 23.2 Å². The molecule has 3 aromatic carbocycles. The molecule has 2 N–H and O–H groups in total. The van der Waals surface area contributed by atoms with E-state index in [4.69, 9.17) is 33.0 Å². The number of aliphatic carboxylic acids is 2. The molecule has 0 spiro atoms. The highest BCUT2D eigenvalue weighted by Gasteiger charge is 2.13. The van der Waals surface area contributed by atoms with Gasteiger partial charge in [0.2, 0.25) is 0 Å². The summed E-state index contributed by atoms with van der Waals surface area (Å²) in [5.74, 6) is -0.669. The normalized spacial score (nSPS) is 11.1. The number of halogens is 2. The lowest BCUT2D eigenvalue weighted by Gasteiger charge is -2.07. The Balaban J connectivity index is 1.52. The van der Waals surface area contributed by atoms with Crippen molar-refractivity contribution in [2.45, 2.75) is 19.4 Å². The number of rotatable bonds is 11. The quantitative estimate of drug-likeness (QED) is 0.194. The minimum Gasteiger partial charge on any atom is -0.494 e. The third-order valence-electron chi connectivity index (χ3n) is 5.62. The lowest BCUT2D eigenvalue weighted by molar-refractivity contribution is -0.138. The smallest absolute Gasteiger partial charge is 0.323 e. The van der Waals surface area contributed by atoms with Crippen molar-refractivity contribution in [3.63, 3.8) is 0 Å². The van der Waals surface area contributed by atoms with Gasteiger partial charge in [0.25, 0.3) is 0 Å². The molecule has 0 radical (unpaired) electrons. The van der Waals surface area contributed by atoms with Crippen LogP contribution in [0.3, 0.4) is 0 Å². The predicted octanol–water partition coefficient (Wildman–Crippen LogP) is 7.02. The molecule has 1 heterocycles. The average molecular weight is 551 g/mol. The number of nitrogens with zero attached hydrogens (tertiary/aromatic N) is 2. The van der Waals surface area contributed by atoms with Gasteiger partial charge in [0.15, 0.2) is 0 Å². The fourth-order valence-electron chi connectivity index (χ4n) is 3.81. The van der Waals surface area contributed by atoms with E-state index in [9.17, 15) is 14.7 Å². The summed E-state index contributed by atoms with van der Waals surface area (Å²) in [5, 5.41) is 19.0. The Kier molecular flexibility index (Phi) is 8.84. The third kappa shape index (κ3) is 7.25. The fourth-order valence-corrected chi connectivity index (χ4v) is 4.32. The number of hydrogen-bond acceptors (Lipinski definition) is 4. The molecule has 0 saturated heterocycles. The van der Waals surface area contributed by atoms with Gasteiger partial charge in [-0.1, -0.05) is 59.6 Å². The number of benzene rings is 3. The maximum atomic E-state index is 11.4. The second kappa shape index (κ2) is 12.4. The number of carboxylic acid groups (broad SMARTS) is 2. The van der Waals surface area contributed by atoms with E-state index >= 15 is 0 Å². The number of imidazole rings is 1. The number of carbonyl (C=O) groups is 2. The zero-order chi connectivity index (χ0) is 27.1. The molecule has 7 nitrogen and oxygen atoms in total. The molecule has 0 unspecified atom stereocenters. The highest BCUT2D eigenvalue weighted by molar-refractivity contribution is 6.36. The van der Waals surface area contributed by atoms with Crippen LogP contribution < -0.4 is 4.74 Å². The summed E-state index contributed by atoms with van der Waals surface area (Å²) >= 11 is 12.3. The highest BCUT2D eigenvalue weighted by atomic mass is 35.5. The van der Waals surface area contributed by atoms with Crippen LogP contribution in [0, 0.1) is 0 Å². The van der Waals surface area contributed by atoms with Crippen molar-refractivity contribution in [2.75, 3.05) is 6.61 Å². The van der Waals surface area contributed by atoms with Crippen LogP contribution >= 0.6 is 23.2 Å². The lowest BCUT2D eigenvalue weighted by Crippen LogP contribution is -2.09. The summed E-state index contributed by atoms with van der Waals surface area (Å²) < 4.78 is 7.16. The summed E-state index contributed by atoms with van der Waals surface area (Å²) in [6.07, 6.45) is 5.82. The minimum atomic E-state index is -0.984. The SMILES string of the molecule is O=C(O)CCCOc1ccc(-c2cccc(/C=C/c3nc(-c4ccc(Cl)cc4Cl)cn3CC(=O)O)c2)cc1. The molecule has 0 aliphatic heterocycles. The van der Waals surface area contributed by atoms with Crippen LogP contribution in [0.5, 0.6) is 5.75 Å². The van der Waals surface area contributed by atoms with Gasteiger partial charge < -0.3 is 19.5 Å². The summed E-state index contributed by atoms with van der Waals surface area (Å²) in [6, 6.07) is 20.6. The summed E-state index contributed by atoms with van der Waals surface area (Å²) in [6.45, 7) is 0.0954. The van der Waals surface area contributed by atoms with Gasteiger partial charge in [-0.25, -0.2) is 4.98 Å². The minimum absolute atomic E-state index is 0.0745. The fraction of sp³-hybridized carbons (Fsp3) is 0.138. The number of ether oxygens (including phenoxy) is 1. The Morgan fingerprint density at radius 1 is 0.921 bits per heavy atom. The molecule has 4 rings (SSSR count). The Morgan fingerprint density at radius 3 is 2.42 bits per heavy atom. The Morgan fingerprint density at radius 2 is 1.71 bits per heavy atom. The molecule has 0 fully saturated rings. The first-order chi connectivity index (χ1) is 18.3. The molecule has 0 aliphatic carbocycles. The first-order valence-electron chi connectivity index (χ1n) is 11.8. The van der Waals surface area contributed by atoms with Gasteiger partial charge in [0.1, 0.15) is 18.1 Å². The van der Waals surface area contributed by atoms with Crippen molar-refractivity contribution >= 4 is 47.3 Å². The number of aromatic nitrogens is 2. The van der Waals surface area contributed by atoms with E-state index in [1.165, 1.54) is 0 Å². The number of hydrogen-bond donors (Lipinski definition) is 2. The van der Waals surface area contributed by atoms with Crippen LogP contribution in [-0.2, 0) is 16.1 Å². The maximum Gasteiger partial charge on any atom is 0.323 e. The molecule has 0 atom stereocenters. The topological polar surface area (TPSA) is 102 Å². The van der Waals surface area contributed by atoms with E-state index in [0.29, 0.717) is 45.9 Å². The van der Waals surface area contributed by atoms with Gasteiger partial charge >= 0.3 is 11.9 Å². The Bertz CT molecular complexity index is 1480. The van der Waals surface area contributed by atoms with Gasteiger partial charge in [-0.15, -0.1) is 0 Å². The third-order valence-corrected chi connectivity index (χ3v) is 6.17. The second-order valence-electron chi connectivity index (χ2n) is 8.46. The van der Waals surface area contributed by atoms with Crippen molar-refractivity contribution < 1.29 is 24.5 Å². The van der Waals surface area contributed by atoms with Crippen molar-refractivity contribution in [3.8, 4) is 28.1 Å². The van der Waals surface area contributed by atoms with E-state index in [1.54, 1.807) is 35.0 Å². The van der Waals surface area contributed by atoms with E-state index in [2.05, 4.69) is 4.98 Å². The largest absolute Gasteiger partial charge is 0.494 e. The molecule has 4 aromatic rings. The monoisotopic (exact) mass is 550 g/mol. The van der Waals surface area contributed by atoms with Crippen LogP contribution in [0.25, 0.3) is 34.5 Å². The van der Waals surface area contributed by atoms with E-state index in [-0.39, 0.29) is 13.0 Å². The predicted molar refractivity (Wildman–Crippen MR) is 148 cm³/mol. The van der Waals surface area contributed by atoms with E-state index in [1.807, 2.05) is 54.6 Å². The average Bonchev–Trinajstić information content (AvgIpc) is 3.27. The summed E-state index contributed by atoms with van der Waals surface area (Å²) in [5.41, 5.74) is 4.10. The van der Waals surface area contributed by atoms with E-state index < -0.39 is 11.9 Å². The summed E-state index contributed by atoms with van der Waals surface area (Å²) in [4.78, 5) is 26.6. The molecule has 9 heteroatoms. The van der Waals surface area contributed by atoms with Crippen molar-refractivity contribution in [3.05, 3.63) is 94.4 Å². The number of carboxylic acids is 2. The van der Waals surface area contributed by atoms with Gasteiger partial charge in [0.05, 0.1) is 17.3 Å². The maximum absolute atomic E-state index is 11.4. The lowest BCUT2D eigenvalue weighted by atomic mass is 10.0. The van der Waals surface area contributed by atoms with Crippen molar-refractivity contribution in [1.82, 2.24) is 9.55 Å². The first-order valence-corrected chi connectivity index (χ1v) is 12.5. The van der Waals surface area contributed by atoms with Gasteiger partial charge in [-0.3, -0.25) is 9.59 Å². The molecular weight excluding hydrogens is 527 g/mol. The molecule has 38 heavy (non-hydrogen) atoms. The van der Waals surface area contributed by atoms with Crippen LogP contribution in [0.4, 0.5) is 0 Å². The van der Waals surface area contributed by atoms with Crippen LogP contribution in [0.15, 0.2) is 72.9 Å². The summed E-state index contributed by atoms with van der Waals surface area (Å²) in [7, 11) is 0. The second-order valence-corrected chi connectivity index (χ2v) is 9.30. The van der Waals surface area contributed by atoms with Gasteiger partial charge in [-0.05, 0) is 65.6 Å². The van der Waals surface area contributed by atoms with E-state index in [0.717, 1.165) is 16.7 Å². The molecule has 0 aliphatic rings. The molecule has 1 aromatic heterocycles. The molecular formula is C29H24Cl2N2O5. The Hall–Kier alpha value is -4.07. The molecule has 194 valence electrons. The standard InChI is InChI=1S/C29H24Cl2N2O5/c30-22-9-12-24(25(31)16-22)26-17-33(18-29(36)37)27(32-26)13-6-19-3-1-4-21(15-19)20-7-10-23(11-8-20)38-14-2-5-28(34)35/h1,3-4,6-13,15-17H,2,5,14,18H2,(H,34,35)(H,36,37)/b13-6+. The first kappa shape index (κ1) is 27.0. The molecule has 0 saturated carbocycles. The highest BCUT2D eigenvalue weighted by Crippen LogP contribution is 2.30. The molecule has 0 bridgehead atoms. The zero-order valence-corrected chi connectivity index (χ0v) is 21.7. The van der Waals surface area contributed by atoms with Crippen LogP contribution in [-0.4, -0.2) is 38.3 Å². The Labute approximate surface area is 229 Å². The van der Waals surface area contributed by atoms with Crippen molar-refractivity contribution in [1.29, 1.82) is 0 Å². The molecule has 0 amide bonds. The van der Waals surface area contributed by atoms with Crippen LogP contribution in [0.1, 0.15) is 24.2 Å². The zero-order valence-electron chi connectivity index (χ0n) is 20.2. The van der Waals surface area contributed by atoms with Gasteiger partial charge in [-0.2, -0.15) is 0 Å². The van der Waals surface area contributed by atoms with Crippen LogP contribution in [0.2, 0.25) is 10.0 Å². The van der Waals surface area contributed by atoms with Crippen molar-refractivity contribution in [2.24, 2.45) is 0 Å².